The Morgan fingerprint density at radius 1 is 1.32 bits per heavy atom. The molecular formula is C17H25FN2O2. The number of rotatable bonds is 8. The summed E-state index contributed by atoms with van der Waals surface area (Å²) >= 11 is 0. The number of amides is 1. The third-order valence-electron chi connectivity index (χ3n) is 4.19. The summed E-state index contributed by atoms with van der Waals surface area (Å²) in [5, 5.41) is 6.15. The number of carbonyl (C=O) groups excluding carboxylic acids is 1. The van der Waals surface area contributed by atoms with Crippen molar-refractivity contribution in [1.29, 1.82) is 0 Å². The molecule has 1 unspecified atom stereocenters. The first-order chi connectivity index (χ1) is 10.7. The van der Waals surface area contributed by atoms with E-state index in [1.807, 2.05) is 0 Å². The van der Waals surface area contributed by atoms with Crippen LogP contribution < -0.4 is 10.6 Å². The summed E-state index contributed by atoms with van der Waals surface area (Å²) < 4.78 is 18.1. The van der Waals surface area contributed by atoms with Gasteiger partial charge in [0.05, 0.1) is 19.2 Å². The third kappa shape index (κ3) is 5.07. The van der Waals surface area contributed by atoms with Crippen molar-refractivity contribution in [2.24, 2.45) is 5.92 Å². The van der Waals surface area contributed by atoms with Crippen molar-refractivity contribution in [3.05, 3.63) is 35.6 Å². The summed E-state index contributed by atoms with van der Waals surface area (Å²) in [5.74, 6) is 0.159. The van der Waals surface area contributed by atoms with Crippen LogP contribution in [0.25, 0.3) is 0 Å². The SMILES string of the molecule is COCCNCC(=O)NC(c1ccc(F)cc1)C1CCCC1. The van der Waals surface area contributed by atoms with Crippen LogP contribution in [0.4, 0.5) is 4.39 Å². The molecular weight excluding hydrogens is 283 g/mol. The minimum Gasteiger partial charge on any atom is -0.383 e. The van der Waals surface area contributed by atoms with Gasteiger partial charge in [-0.2, -0.15) is 0 Å². The quantitative estimate of drug-likeness (QED) is 0.725. The Morgan fingerprint density at radius 2 is 2.00 bits per heavy atom. The van der Waals surface area contributed by atoms with Gasteiger partial charge in [0.15, 0.2) is 0 Å². The zero-order valence-electron chi connectivity index (χ0n) is 13.1. The highest BCUT2D eigenvalue weighted by molar-refractivity contribution is 5.78. The van der Waals surface area contributed by atoms with Gasteiger partial charge in [0.2, 0.25) is 5.91 Å². The van der Waals surface area contributed by atoms with E-state index < -0.39 is 0 Å². The van der Waals surface area contributed by atoms with E-state index in [1.54, 1.807) is 19.2 Å². The molecule has 0 aliphatic heterocycles. The molecule has 2 rings (SSSR count). The van der Waals surface area contributed by atoms with E-state index in [1.165, 1.54) is 25.0 Å². The number of ether oxygens (including phenoxy) is 1. The van der Waals surface area contributed by atoms with Crippen molar-refractivity contribution in [3.63, 3.8) is 0 Å². The summed E-state index contributed by atoms with van der Waals surface area (Å²) in [6, 6.07) is 6.44. The van der Waals surface area contributed by atoms with Gasteiger partial charge in [-0.3, -0.25) is 4.79 Å². The van der Waals surface area contributed by atoms with Crippen molar-refractivity contribution >= 4 is 5.91 Å². The van der Waals surface area contributed by atoms with Gasteiger partial charge in [0.1, 0.15) is 5.82 Å². The van der Waals surface area contributed by atoms with Crippen LogP contribution in [-0.2, 0) is 9.53 Å². The topological polar surface area (TPSA) is 50.4 Å². The molecule has 5 heteroatoms. The van der Waals surface area contributed by atoms with Crippen LogP contribution >= 0.6 is 0 Å². The molecule has 1 saturated carbocycles. The molecule has 0 radical (unpaired) electrons. The zero-order chi connectivity index (χ0) is 15.8. The molecule has 0 saturated heterocycles. The maximum absolute atomic E-state index is 13.1. The highest BCUT2D eigenvalue weighted by Crippen LogP contribution is 2.35. The zero-order valence-corrected chi connectivity index (χ0v) is 13.1. The highest BCUT2D eigenvalue weighted by Gasteiger charge is 2.27. The molecule has 2 N–H and O–H groups in total. The Kier molecular flexibility index (Phi) is 6.80. The Hall–Kier alpha value is -1.46. The minimum atomic E-state index is -0.249. The largest absolute Gasteiger partial charge is 0.383 e. The van der Waals surface area contributed by atoms with Crippen molar-refractivity contribution in [1.82, 2.24) is 10.6 Å². The van der Waals surface area contributed by atoms with E-state index in [0.29, 0.717) is 19.1 Å². The number of benzene rings is 1. The molecule has 0 aromatic heterocycles. The number of nitrogens with one attached hydrogen (secondary N) is 2. The van der Waals surface area contributed by atoms with Crippen molar-refractivity contribution in [3.8, 4) is 0 Å². The van der Waals surface area contributed by atoms with E-state index in [0.717, 1.165) is 18.4 Å². The van der Waals surface area contributed by atoms with Gasteiger partial charge in [-0.15, -0.1) is 0 Å². The average molecular weight is 308 g/mol. The smallest absolute Gasteiger partial charge is 0.234 e. The molecule has 4 nitrogen and oxygen atoms in total. The maximum Gasteiger partial charge on any atom is 0.234 e. The molecule has 1 fully saturated rings. The Morgan fingerprint density at radius 3 is 2.64 bits per heavy atom. The average Bonchev–Trinajstić information content (AvgIpc) is 3.04. The second kappa shape index (κ2) is 8.86. The van der Waals surface area contributed by atoms with Crippen LogP contribution in [0, 0.1) is 11.7 Å². The van der Waals surface area contributed by atoms with Crippen LogP contribution in [0.15, 0.2) is 24.3 Å². The van der Waals surface area contributed by atoms with E-state index in [-0.39, 0.29) is 24.3 Å². The fourth-order valence-electron chi connectivity index (χ4n) is 3.03. The van der Waals surface area contributed by atoms with Crippen LogP contribution in [0.3, 0.4) is 0 Å². The number of hydrogen-bond donors (Lipinski definition) is 2. The molecule has 1 aliphatic carbocycles. The van der Waals surface area contributed by atoms with E-state index >= 15 is 0 Å². The molecule has 1 aromatic rings. The highest BCUT2D eigenvalue weighted by atomic mass is 19.1. The predicted octanol–water partition coefficient (Wildman–Crippen LogP) is 2.41. The van der Waals surface area contributed by atoms with Gasteiger partial charge >= 0.3 is 0 Å². The second-order valence-electron chi connectivity index (χ2n) is 5.81. The number of halogens is 1. The lowest BCUT2D eigenvalue weighted by Crippen LogP contribution is -2.39. The maximum atomic E-state index is 13.1. The Balaban J connectivity index is 1.95. The van der Waals surface area contributed by atoms with Gasteiger partial charge in [-0.05, 0) is 36.5 Å². The monoisotopic (exact) mass is 308 g/mol. The van der Waals surface area contributed by atoms with Gasteiger partial charge in [0.25, 0.3) is 0 Å². The van der Waals surface area contributed by atoms with Gasteiger partial charge in [-0.25, -0.2) is 4.39 Å². The second-order valence-corrected chi connectivity index (χ2v) is 5.81. The lowest BCUT2D eigenvalue weighted by Gasteiger charge is -2.25. The van der Waals surface area contributed by atoms with Gasteiger partial charge in [0, 0.05) is 13.7 Å². The van der Waals surface area contributed by atoms with Crippen LogP contribution in [0.2, 0.25) is 0 Å². The van der Waals surface area contributed by atoms with E-state index in [9.17, 15) is 9.18 Å². The molecule has 22 heavy (non-hydrogen) atoms. The molecule has 122 valence electrons. The van der Waals surface area contributed by atoms with Crippen molar-refractivity contribution in [2.75, 3.05) is 26.8 Å². The summed E-state index contributed by atoms with van der Waals surface area (Å²) in [6.07, 6.45) is 4.62. The standard InChI is InChI=1S/C17H25FN2O2/c1-22-11-10-19-12-16(21)20-17(13-4-2-3-5-13)14-6-8-15(18)9-7-14/h6-9,13,17,19H,2-5,10-12H2,1H3,(H,20,21). The van der Waals surface area contributed by atoms with Crippen LogP contribution in [0.1, 0.15) is 37.3 Å². The normalized spacial score (nSPS) is 16.6. The fraction of sp³-hybridized carbons (Fsp3) is 0.588. The third-order valence-corrected chi connectivity index (χ3v) is 4.19. The molecule has 1 aliphatic rings. The van der Waals surface area contributed by atoms with Gasteiger partial charge < -0.3 is 15.4 Å². The molecule has 0 spiro atoms. The van der Waals surface area contributed by atoms with Crippen molar-refractivity contribution in [2.45, 2.75) is 31.7 Å². The van der Waals surface area contributed by atoms with E-state index in [4.69, 9.17) is 4.74 Å². The molecule has 1 amide bonds. The first-order valence-electron chi connectivity index (χ1n) is 7.95. The van der Waals surface area contributed by atoms with E-state index in [2.05, 4.69) is 10.6 Å². The Labute approximate surface area is 131 Å². The first-order valence-corrected chi connectivity index (χ1v) is 7.95. The van der Waals surface area contributed by atoms with Gasteiger partial charge in [-0.1, -0.05) is 25.0 Å². The summed E-state index contributed by atoms with van der Waals surface area (Å²) in [5.41, 5.74) is 0.985. The van der Waals surface area contributed by atoms with Crippen LogP contribution in [-0.4, -0.2) is 32.7 Å². The van der Waals surface area contributed by atoms with Crippen LogP contribution in [0.5, 0.6) is 0 Å². The number of carbonyl (C=O) groups is 1. The molecule has 1 aromatic carbocycles. The lowest BCUT2D eigenvalue weighted by molar-refractivity contribution is -0.121. The number of methoxy groups -OCH3 is 1. The minimum absolute atomic E-state index is 0.0279. The summed E-state index contributed by atoms with van der Waals surface area (Å²) in [6.45, 7) is 1.50. The fourth-order valence-corrected chi connectivity index (χ4v) is 3.03. The first kappa shape index (κ1) is 16.9. The lowest BCUT2D eigenvalue weighted by atomic mass is 9.91. The predicted molar refractivity (Wildman–Crippen MR) is 84.0 cm³/mol. The number of hydrogen-bond acceptors (Lipinski definition) is 3. The Bertz CT molecular complexity index is 458. The molecule has 0 heterocycles. The van der Waals surface area contributed by atoms with Crippen molar-refractivity contribution < 1.29 is 13.9 Å². The summed E-state index contributed by atoms with van der Waals surface area (Å²) in [4.78, 5) is 12.1. The molecule has 0 bridgehead atoms. The summed E-state index contributed by atoms with van der Waals surface area (Å²) in [7, 11) is 1.63. The molecule has 1 atom stereocenters.